The molecular weight excluding hydrogens is 1190 g/mol. The molecule has 0 saturated heterocycles. The highest BCUT2D eigenvalue weighted by Crippen LogP contribution is 2.27. The van der Waals surface area contributed by atoms with E-state index in [-0.39, 0.29) is 54.3 Å². The Morgan fingerprint density at radius 2 is 0.773 bits per heavy atom. The summed E-state index contributed by atoms with van der Waals surface area (Å²) in [6, 6.07) is 0. The molecule has 0 spiro atoms. The number of aromatic nitrogens is 3. The molecule has 0 bridgehead atoms. The van der Waals surface area contributed by atoms with Crippen LogP contribution in [0.1, 0.15) is 74.4 Å². The molecule has 88 heavy (non-hydrogen) atoms. The molecule has 0 aromatic carbocycles. The molecule has 0 fully saturated rings. The number of ether oxygens (including phenoxy) is 14. The van der Waals surface area contributed by atoms with E-state index in [1.165, 1.54) is 0 Å². The van der Waals surface area contributed by atoms with Gasteiger partial charge in [-0.25, -0.2) is 9.48 Å². The van der Waals surface area contributed by atoms with Crippen LogP contribution in [-0.4, -0.2) is 283 Å². The Hall–Kier alpha value is -4.06. The maximum atomic E-state index is 12.2. The Labute approximate surface area is 530 Å². The molecule has 0 saturated carbocycles. The van der Waals surface area contributed by atoms with Crippen molar-refractivity contribution in [3.8, 4) is 0 Å². The third-order valence-electron chi connectivity index (χ3n) is 10.7. The molecule has 1 aromatic heterocycles. The smallest absolute Gasteiger partial charge is 0.407 e. The van der Waals surface area contributed by atoms with Crippen molar-refractivity contribution in [1.29, 1.82) is 0 Å². The lowest BCUT2D eigenvalue weighted by molar-refractivity contribution is -0.130. The van der Waals surface area contributed by atoms with Crippen LogP contribution in [0.3, 0.4) is 0 Å². The van der Waals surface area contributed by atoms with Crippen LogP contribution in [0.5, 0.6) is 0 Å². The van der Waals surface area contributed by atoms with Crippen LogP contribution < -0.4 is 26.6 Å². The first kappa shape index (κ1) is 82.0. The van der Waals surface area contributed by atoms with Crippen molar-refractivity contribution in [3.05, 3.63) is 11.9 Å². The van der Waals surface area contributed by atoms with Gasteiger partial charge in [0, 0.05) is 40.7 Å². The molecule has 5 amide bonds. The number of nitrogens with one attached hydrogen (secondary N) is 5. The van der Waals surface area contributed by atoms with Gasteiger partial charge in [-0.05, 0) is 11.8 Å². The standard InChI is InChI=1S/C57H107N9O20S2/c1-55(2,3)10-14-72-16-18-74-20-22-76-24-26-78-28-30-80-32-34-82-36-38-84-39-37-83-35-33-81-31-29-79-27-25-77-23-21-75-19-17-73-15-13-66-43-48(63-65-66)44-85-54(71)59-12-11-58-50(67)40-60-51(68)41-61-52(69)42-62-53(70)45-86-64-49(46-87-56(4,5)6)47-88-57(7,8)9/h43H,10-42,44-47H2,1-9H3,(H,58,67)(H,59,71)(H,60,68)(H,61,69)(H,62,70). The van der Waals surface area contributed by atoms with Gasteiger partial charge in [-0.3, -0.25) is 19.2 Å². The second-order valence-electron chi connectivity index (χ2n) is 22.2. The summed E-state index contributed by atoms with van der Waals surface area (Å²) in [6.07, 6.45) is 1.93. The number of rotatable bonds is 59. The van der Waals surface area contributed by atoms with Gasteiger partial charge >= 0.3 is 6.09 Å². The Morgan fingerprint density at radius 1 is 0.443 bits per heavy atom. The molecule has 0 atom stereocenters. The van der Waals surface area contributed by atoms with Crippen LogP contribution in [0.2, 0.25) is 0 Å². The highest BCUT2D eigenvalue weighted by Gasteiger charge is 2.18. The molecule has 0 aliphatic rings. The summed E-state index contributed by atoms with van der Waals surface area (Å²) in [6.45, 7) is 30.7. The fraction of sp³-hybridized carbons (Fsp3) is 0.860. The van der Waals surface area contributed by atoms with Gasteiger partial charge < -0.3 is 97.7 Å². The summed E-state index contributed by atoms with van der Waals surface area (Å²) in [4.78, 5) is 66.0. The molecule has 1 aromatic rings. The van der Waals surface area contributed by atoms with E-state index < -0.39 is 36.3 Å². The number of carbonyl (C=O) groups is 5. The average molecular weight is 1300 g/mol. The predicted molar refractivity (Wildman–Crippen MR) is 333 cm³/mol. The number of thioether (sulfide) groups is 2. The Balaban J connectivity index is 1.85. The van der Waals surface area contributed by atoms with Crippen LogP contribution in [0.4, 0.5) is 4.79 Å². The van der Waals surface area contributed by atoms with E-state index in [0.29, 0.717) is 189 Å². The van der Waals surface area contributed by atoms with Gasteiger partial charge in [-0.15, -0.1) is 28.6 Å². The first-order valence-corrected chi connectivity index (χ1v) is 32.0. The Kier molecular flexibility index (Phi) is 50.9. The van der Waals surface area contributed by atoms with Crippen molar-refractivity contribution in [2.75, 3.05) is 223 Å². The quantitative estimate of drug-likeness (QED) is 0.0354. The number of hydrogen-bond donors (Lipinski definition) is 5. The van der Waals surface area contributed by atoms with Gasteiger partial charge in [0.15, 0.2) is 6.61 Å². The first-order valence-electron chi connectivity index (χ1n) is 30.0. The zero-order valence-electron chi connectivity index (χ0n) is 54.0. The molecule has 29 nitrogen and oxygen atoms in total. The van der Waals surface area contributed by atoms with Crippen molar-refractivity contribution in [2.45, 2.75) is 91.4 Å². The lowest BCUT2D eigenvalue weighted by atomic mass is 9.93. The van der Waals surface area contributed by atoms with E-state index in [2.05, 4.69) is 104 Å². The van der Waals surface area contributed by atoms with Crippen LogP contribution in [-0.2, 0) is 103 Å². The monoisotopic (exact) mass is 1300 g/mol. The van der Waals surface area contributed by atoms with Crippen molar-refractivity contribution >= 4 is 59.0 Å². The summed E-state index contributed by atoms with van der Waals surface area (Å²) in [5, 5.41) is 24.3. The van der Waals surface area contributed by atoms with Crippen LogP contribution in [0.25, 0.3) is 0 Å². The van der Waals surface area contributed by atoms with Gasteiger partial charge in [0.2, 0.25) is 17.7 Å². The SMILES string of the molecule is CC(C)(C)CCOCCOCCOCCOCCOCCOCCOCCOCCOCCOCCOCCOCCOCCn1cc(COC(=O)NCCNC(=O)CNC(=O)CNC(=O)CNC(=O)CON=C(CSC(C)(C)C)CSC(C)(C)C)nn1. The molecule has 0 aliphatic carbocycles. The third-order valence-corrected chi connectivity index (χ3v) is 13.3. The Morgan fingerprint density at radius 3 is 1.14 bits per heavy atom. The fourth-order valence-corrected chi connectivity index (χ4v) is 7.64. The molecule has 0 radical (unpaired) electrons. The van der Waals surface area contributed by atoms with Gasteiger partial charge in [0.25, 0.3) is 5.91 Å². The van der Waals surface area contributed by atoms with Crippen LogP contribution >= 0.6 is 23.5 Å². The lowest BCUT2D eigenvalue weighted by Crippen LogP contribution is -2.45. The third kappa shape index (κ3) is 59.6. The molecule has 1 heterocycles. The number of carbonyl (C=O) groups excluding carboxylic acids is 5. The second-order valence-corrected chi connectivity index (χ2v) is 25.8. The highest BCUT2D eigenvalue weighted by atomic mass is 32.2. The largest absolute Gasteiger partial charge is 0.443 e. The number of amides is 5. The molecule has 31 heteroatoms. The normalized spacial score (nSPS) is 11.8. The van der Waals surface area contributed by atoms with Crippen LogP contribution in [0, 0.1) is 5.41 Å². The molecule has 0 aliphatic heterocycles. The predicted octanol–water partition coefficient (Wildman–Crippen LogP) is 2.06. The summed E-state index contributed by atoms with van der Waals surface area (Å²) in [5.74, 6) is -1.000. The minimum Gasteiger partial charge on any atom is -0.443 e. The van der Waals surface area contributed by atoms with Crippen LogP contribution in [0.15, 0.2) is 11.4 Å². The average Bonchev–Trinajstić information content (AvgIpc) is 3.96. The van der Waals surface area contributed by atoms with Gasteiger partial charge in [0.1, 0.15) is 12.3 Å². The molecule has 1 rings (SSSR count). The lowest BCUT2D eigenvalue weighted by Gasteiger charge is -2.20. The van der Waals surface area contributed by atoms with E-state index in [1.807, 2.05) is 0 Å². The minimum absolute atomic E-state index is 0.0349. The molecule has 5 N–H and O–H groups in total. The number of alkyl carbamates (subject to hydrolysis) is 1. The molecular formula is C57H107N9O20S2. The zero-order valence-corrected chi connectivity index (χ0v) is 55.6. The van der Waals surface area contributed by atoms with Gasteiger partial charge in [-0.2, -0.15) is 0 Å². The van der Waals surface area contributed by atoms with Gasteiger partial charge in [-0.1, -0.05) is 72.7 Å². The van der Waals surface area contributed by atoms with E-state index in [9.17, 15) is 24.0 Å². The summed E-state index contributed by atoms with van der Waals surface area (Å²) in [5.41, 5.74) is 1.52. The van der Waals surface area contributed by atoms with E-state index in [1.54, 1.807) is 34.4 Å². The number of hydrogen-bond acceptors (Lipinski definition) is 25. The maximum absolute atomic E-state index is 12.2. The summed E-state index contributed by atoms with van der Waals surface area (Å²) in [7, 11) is 0. The highest BCUT2D eigenvalue weighted by molar-refractivity contribution is 8.02. The fourth-order valence-electron chi connectivity index (χ4n) is 6.00. The number of nitrogens with zero attached hydrogens (tertiary/aromatic N) is 4. The van der Waals surface area contributed by atoms with Crippen molar-refractivity contribution in [2.24, 2.45) is 10.6 Å². The maximum Gasteiger partial charge on any atom is 0.407 e. The topological polar surface area (TPSA) is 327 Å². The molecule has 512 valence electrons. The first-order chi connectivity index (χ1) is 42.2. The minimum atomic E-state index is -0.728. The van der Waals surface area contributed by atoms with Crippen molar-refractivity contribution < 1.29 is 95.1 Å². The van der Waals surface area contributed by atoms with E-state index in [0.717, 1.165) is 18.7 Å². The molecule has 0 unspecified atom stereocenters. The Bertz CT molecular complexity index is 1930. The van der Waals surface area contributed by atoms with Crippen molar-refractivity contribution in [1.82, 2.24) is 41.6 Å². The summed E-state index contributed by atoms with van der Waals surface area (Å²) >= 11 is 3.45. The second kappa shape index (κ2) is 54.7. The zero-order chi connectivity index (χ0) is 64.7. The summed E-state index contributed by atoms with van der Waals surface area (Å²) < 4.78 is 78.6. The van der Waals surface area contributed by atoms with Crippen molar-refractivity contribution in [3.63, 3.8) is 0 Å². The van der Waals surface area contributed by atoms with E-state index in [4.69, 9.17) is 71.2 Å². The van der Waals surface area contributed by atoms with Gasteiger partial charge in [0.05, 0.1) is 203 Å². The van der Waals surface area contributed by atoms with E-state index >= 15 is 0 Å². The number of oxime groups is 1.